The molecular weight excluding hydrogens is 211 g/mol. The number of hydrogen-bond donors (Lipinski definition) is 2. The summed E-state index contributed by atoms with van der Waals surface area (Å²) in [7, 11) is 0. The lowest BCUT2D eigenvalue weighted by molar-refractivity contribution is 0.191. The van der Waals surface area contributed by atoms with Crippen molar-refractivity contribution in [3.63, 3.8) is 0 Å². The molecule has 5 heteroatoms. The minimum atomic E-state index is -0.994. The highest BCUT2D eigenvalue weighted by molar-refractivity contribution is 5.65. The second kappa shape index (κ2) is 4.38. The van der Waals surface area contributed by atoms with Crippen LogP contribution in [0.4, 0.5) is 14.9 Å². The van der Waals surface area contributed by atoms with Crippen molar-refractivity contribution in [1.29, 1.82) is 0 Å². The Morgan fingerprint density at radius 3 is 2.75 bits per heavy atom. The molecule has 4 nitrogen and oxygen atoms in total. The van der Waals surface area contributed by atoms with Crippen LogP contribution in [-0.4, -0.2) is 30.3 Å². The summed E-state index contributed by atoms with van der Waals surface area (Å²) in [4.78, 5) is 12.5. The number of benzene rings is 1. The van der Waals surface area contributed by atoms with Crippen LogP contribution >= 0.6 is 0 Å². The van der Waals surface area contributed by atoms with E-state index in [-0.39, 0.29) is 11.9 Å². The van der Waals surface area contributed by atoms with Gasteiger partial charge in [-0.3, -0.25) is 0 Å². The fourth-order valence-corrected chi connectivity index (χ4v) is 1.94. The zero-order chi connectivity index (χ0) is 11.5. The summed E-state index contributed by atoms with van der Waals surface area (Å²) in [5.41, 5.74) is 0.927. The Kier molecular flexibility index (Phi) is 2.94. The van der Waals surface area contributed by atoms with E-state index in [1.54, 1.807) is 12.1 Å². The highest BCUT2D eigenvalue weighted by Gasteiger charge is 2.23. The lowest BCUT2D eigenvalue weighted by Gasteiger charge is -2.18. The molecule has 1 fully saturated rings. The Bertz CT molecular complexity index is 380. The van der Waals surface area contributed by atoms with E-state index in [0.717, 1.165) is 18.7 Å². The maximum atomic E-state index is 12.7. The van der Waals surface area contributed by atoms with Gasteiger partial charge in [-0.25, -0.2) is 9.18 Å². The SMILES string of the molecule is O=C(O)N[C@@H]1CCN(c2ccc(F)cc2)C1. The molecule has 0 aromatic heterocycles. The fraction of sp³-hybridized carbons (Fsp3) is 0.364. The van der Waals surface area contributed by atoms with Gasteiger partial charge in [-0.2, -0.15) is 0 Å². The van der Waals surface area contributed by atoms with Crippen LogP contribution in [0.5, 0.6) is 0 Å². The zero-order valence-electron chi connectivity index (χ0n) is 8.69. The predicted molar refractivity (Wildman–Crippen MR) is 58.2 cm³/mol. The van der Waals surface area contributed by atoms with Crippen LogP contribution in [0.2, 0.25) is 0 Å². The van der Waals surface area contributed by atoms with Gasteiger partial charge in [0.05, 0.1) is 6.04 Å². The Morgan fingerprint density at radius 1 is 1.44 bits per heavy atom. The smallest absolute Gasteiger partial charge is 0.404 e. The van der Waals surface area contributed by atoms with Crippen molar-refractivity contribution in [3.8, 4) is 0 Å². The number of carbonyl (C=O) groups is 1. The first-order valence-corrected chi connectivity index (χ1v) is 5.15. The summed E-state index contributed by atoms with van der Waals surface area (Å²) in [6.45, 7) is 1.43. The van der Waals surface area contributed by atoms with Gasteiger partial charge in [0.25, 0.3) is 0 Å². The highest BCUT2D eigenvalue weighted by atomic mass is 19.1. The molecule has 86 valence electrons. The Balaban J connectivity index is 1.98. The van der Waals surface area contributed by atoms with E-state index in [1.807, 2.05) is 4.90 Å². The third-order valence-corrected chi connectivity index (χ3v) is 2.71. The van der Waals surface area contributed by atoms with Crippen LogP contribution in [-0.2, 0) is 0 Å². The molecule has 0 saturated carbocycles. The Hall–Kier alpha value is -1.78. The molecule has 2 rings (SSSR count). The molecule has 2 N–H and O–H groups in total. The molecule has 1 aliphatic rings. The summed E-state index contributed by atoms with van der Waals surface area (Å²) < 4.78 is 12.7. The summed E-state index contributed by atoms with van der Waals surface area (Å²) in [5.74, 6) is -0.261. The van der Waals surface area contributed by atoms with Gasteiger partial charge in [0, 0.05) is 18.8 Å². The van der Waals surface area contributed by atoms with E-state index in [9.17, 15) is 9.18 Å². The van der Waals surface area contributed by atoms with Crippen LogP contribution in [0.15, 0.2) is 24.3 Å². The third kappa shape index (κ3) is 2.42. The van der Waals surface area contributed by atoms with E-state index in [2.05, 4.69) is 5.32 Å². The number of halogens is 1. The molecule has 1 amide bonds. The van der Waals surface area contributed by atoms with Crippen LogP contribution in [0.25, 0.3) is 0 Å². The summed E-state index contributed by atoms with van der Waals surface area (Å²) in [6, 6.07) is 6.19. The molecule has 1 aliphatic heterocycles. The number of nitrogens with one attached hydrogen (secondary N) is 1. The lowest BCUT2D eigenvalue weighted by atomic mass is 10.3. The second-order valence-electron chi connectivity index (χ2n) is 3.86. The number of nitrogens with zero attached hydrogens (tertiary/aromatic N) is 1. The number of hydrogen-bond acceptors (Lipinski definition) is 2. The molecule has 1 aromatic carbocycles. The van der Waals surface area contributed by atoms with Gasteiger partial charge in [0.2, 0.25) is 0 Å². The maximum absolute atomic E-state index is 12.7. The predicted octanol–water partition coefficient (Wildman–Crippen LogP) is 1.67. The van der Waals surface area contributed by atoms with Gasteiger partial charge in [0.15, 0.2) is 0 Å². The van der Waals surface area contributed by atoms with Crippen molar-refractivity contribution < 1.29 is 14.3 Å². The first-order chi connectivity index (χ1) is 7.65. The first-order valence-electron chi connectivity index (χ1n) is 5.15. The largest absolute Gasteiger partial charge is 0.465 e. The van der Waals surface area contributed by atoms with Crippen molar-refractivity contribution in [2.75, 3.05) is 18.0 Å². The average molecular weight is 224 g/mol. The molecule has 1 aromatic rings. The Labute approximate surface area is 92.7 Å². The Morgan fingerprint density at radius 2 is 2.12 bits per heavy atom. The summed E-state index contributed by atoms with van der Waals surface area (Å²) in [6.07, 6.45) is -0.213. The second-order valence-corrected chi connectivity index (χ2v) is 3.86. The van der Waals surface area contributed by atoms with Gasteiger partial charge >= 0.3 is 6.09 Å². The monoisotopic (exact) mass is 224 g/mol. The van der Waals surface area contributed by atoms with E-state index >= 15 is 0 Å². The van der Waals surface area contributed by atoms with Gasteiger partial charge in [-0.1, -0.05) is 0 Å². The molecule has 0 bridgehead atoms. The van der Waals surface area contributed by atoms with Crippen LogP contribution in [0, 0.1) is 5.82 Å². The molecule has 16 heavy (non-hydrogen) atoms. The number of anilines is 1. The topological polar surface area (TPSA) is 52.6 Å². The molecule has 1 atom stereocenters. The third-order valence-electron chi connectivity index (χ3n) is 2.71. The summed E-state index contributed by atoms with van der Waals surface area (Å²) >= 11 is 0. The van der Waals surface area contributed by atoms with Gasteiger partial charge in [-0.05, 0) is 30.7 Å². The van der Waals surface area contributed by atoms with Crippen molar-refractivity contribution in [3.05, 3.63) is 30.1 Å². The van der Waals surface area contributed by atoms with Crippen LogP contribution < -0.4 is 10.2 Å². The van der Waals surface area contributed by atoms with Gasteiger partial charge < -0.3 is 15.3 Å². The minimum absolute atomic E-state index is 0.0393. The number of carboxylic acid groups (broad SMARTS) is 1. The van der Waals surface area contributed by atoms with E-state index in [0.29, 0.717) is 6.54 Å². The van der Waals surface area contributed by atoms with E-state index in [1.165, 1.54) is 12.1 Å². The highest BCUT2D eigenvalue weighted by Crippen LogP contribution is 2.20. The van der Waals surface area contributed by atoms with Crippen LogP contribution in [0.3, 0.4) is 0 Å². The van der Waals surface area contributed by atoms with Crippen molar-refractivity contribution in [1.82, 2.24) is 5.32 Å². The van der Waals surface area contributed by atoms with Crippen molar-refractivity contribution in [2.24, 2.45) is 0 Å². The normalized spacial score (nSPS) is 19.8. The van der Waals surface area contributed by atoms with E-state index in [4.69, 9.17) is 5.11 Å². The molecule has 0 aliphatic carbocycles. The lowest BCUT2D eigenvalue weighted by Crippen LogP contribution is -2.36. The van der Waals surface area contributed by atoms with Crippen LogP contribution in [0.1, 0.15) is 6.42 Å². The first kappa shape index (κ1) is 10.7. The molecule has 1 saturated heterocycles. The number of rotatable bonds is 2. The fourth-order valence-electron chi connectivity index (χ4n) is 1.94. The minimum Gasteiger partial charge on any atom is -0.465 e. The molecule has 0 radical (unpaired) electrons. The molecule has 0 unspecified atom stereocenters. The molecular formula is C11H13FN2O2. The standard InChI is InChI=1S/C11H13FN2O2/c12-8-1-3-10(4-2-8)14-6-5-9(7-14)13-11(15)16/h1-4,9,13H,5-7H2,(H,15,16)/t9-/m1/s1. The van der Waals surface area contributed by atoms with Crippen molar-refractivity contribution >= 4 is 11.8 Å². The quantitative estimate of drug-likeness (QED) is 0.803. The molecule has 0 spiro atoms. The average Bonchev–Trinajstić information content (AvgIpc) is 2.66. The maximum Gasteiger partial charge on any atom is 0.404 e. The summed E-state index contributed by atoms with van der Waals surface area (Å²) in [5, 5.41) is 11.0. The van der Waals surface area contributed by atoms with Gasteiger partial charge in [-0.15, -0.1) is 0 Å². The zero-order valence-corrected chi connectivity index (χ0v) is 8.69. The molecule has 1 heterocycles. The van der Waals surface area contributed by atoms with Gasteiger partial charge in [0.1, 0.15) is 5.82 Å². The number of amides is 1. The van der Waals surface area contributed by atoms with Crippen molar-refractivity contribution in [2.45, 2.75) is 12.5 Å². The van der Waals surface area contributed by atoms with E-state index < -0.39 is 6.09 Å².